The first-order valence-electron chi connectivity index (χ1n) is 17.5. The van der Waals surface area contributed by atoms with Gasteiger partial charge in [-0.2, -0.15) is 0 Å². The molecule has 3 unspecified atom stereocenters. The Morgan fingerprint density at radius 3 is 2.32 bits per heavy atom. The highest BCUT2D eigenvalue weighted by Crippen LogP contribution is 2.34. The van der Waals surface area contributed by atoms with Crippen molar-refractivity contribution in [3.05, 3.63) is 53.0 Å². The molecule has 7 rings (SSSR count). The molecule has 6 amide bonds. The lowest BCUT2D eigenvalue weighted by atomic mass is 9.88. The Morgan fingerprint density at radius 1 is 0.980 bits per heavy atom. The number of hydrogen-bond acceptors (Lipinski definition) is 10. The summed E-state index contributed by atoms with van der Waals surface area (Å²) in [6.45, 7) is 10.6. The predicted molar refractivity (Wildman–Crippen MR) is 182 cm³/mol. The van der Waals surface area contributed by atoms with E-state index in [1.54, 1.807) is 4.90 Å². The van der Waals surface area contributed by atoms with Crippen LogP contribution in [-0.2, 0) is 15.1 Å². The molecule has 0 aliphatic carbocycles. The number of imide groups is 2. The maximum absolute atomic E-state index is 15.4. The SMILES string of the molecule is CC1CN(C(N)=O)C(C)(c2ccc(N3CCC(CN4CCN(c5cc6c(cc5F)C(=O)N(C5CCC(=O)NC5=O)C6=O)CC4)CC3)nc2)CN1. The number of urea groups is 1. The number of nitrogens with zero attached hydrogens (tertiary/aromatic N) is 6. The van der Waals surface area contributed by atoms with Crippen LogP contribution < -0.4 is 26.2 Å². The third-order valence-electron chi connectivity index (χ3n) is 11.2. The molecule has 0 radical (unpaired) electrons. The van der Waals surface area contributed by atoms with Crippen LogP contribution in [0.1, 0.15) is 65.8 Å². The van der Waals surface area contributed by atoms with Crippen molar-refractivity contribution in [2.75, 3.05) is 68.7 Å². The minimum absolute atomic E-state index is 0.0228. The Bertz CT molecular complexity index is 1710. The van der Waals surface area contributed by atoms with E-state index in [0.29, 0.717) is 32.1 Å². The van der Waals surface area contributed by atoms with Crippen LogP contribution in [0.25, 0.3) is 0 Å². The number of benzene rings is 1. The zero-order chi connectivity index (χ0) is 35.3. The molecule has 5 aliphatic heterocycles. The minimum atomic E-state index is -1.09. The van der Waals surface area contributed by atoms with Gasteiger partial charge in [0.05, 0.1) is 22.4 Å². The molecule has 15 heteroatoms. The molecule has 1 aromatic carbocycles. The van der Waals surface area contributed by atoms with Crippen LogP contribution in [-0.4, -0.2) is 120 Å². The van der Waals surface area contributed by atoms with Gasteiger partial charge in [0.1, 0.15) is 17.7 Å². The Hall–Kier alpha value is -4.63. The molecule has 266 valence electrons. The maximum Gasteiger partial charge on any atom is 0.315 e. The summed E-state index contributed by atoms with van der Waals surface area (Å²) in [5.41, 5.74) is 6.41. The second-order valence-electron chi connectivity index (χ2n) is 14.4. The van der Waals surface area contributed by atoms with Gasteiger partial charge in [-0.3, -0.25) is 34.3 Å². The maximum atomic E-state index is 15.4. The average molecular weight is 690 g/mol. The monoisotopic (exact) mass is 689 g/mol. The largest absolute Gasteiger partial charge is 0.367 e. The minimum Gasteiger partial charge on any atom is -0.367 e. The third-order valence-corrected chi connectivity index (χ3v) is 11.2. The molecule has 14 nitrogen and oxygen atoms in total. The first kappa shape index (κ1) is 33.8. The second-order valence-corrected chi connectivity index (χ2v) is 14.4. The van der Waals surface area contributed by atoms with E-state index in [-0.39, 0.29) is 35.7 Å². The zero-order valence-electron chi connectivity index (χ0n) is 28.5. The molecule has 0 saturated carbocycles. The van der Waals surface area contributed by atoms with Crippen LogP contribution in [0.15, 0.2) is 30.5 Å². The van der Waals surface area contributed by atoms with Crippen molar-refractivity contribution < 1.29 is 28.4 Å². The number of piperazine rings is 2. The van der Waals surface area contributed by atoms with Gasteiger partial charge >= 0.3 is 6.03 Å². The van der Waals surface area contributed by atoms with Gasteiger partial charge < -0.3 is 25.8 Å². The number of nitrogens with one attached hydrogen (secondary N) is 2. The number of aromatic nitrogens is 1. The number of halogens is 1. The average Bonchev–Trinajstić information content (AvgIpc) is 3.34. The summed E-state index contributed by atoms with van der Waals surface area (Å²) in [5.74, 6) is -1.64. The van der Waals surface area contributed by atoms with Gasteiger partial charge in [0.25, 0.3) is 11.8 Å². The number of carbonyl (C=O) groups is 5. The lowest BCUT2D eigenvalue weighted by Crippen LogP contribution is -2.63. The molecule has 5 aliphatic rings. The van der Waals surface area contributed by atoms with Crippen molar-refractivity contribution in [3.63, 3.8) is 0 Å². The van der Waals surface area contributed by atoms with Crippen LogP contribution in [0.5, 0.6) is 0 Å². The van der Waals surface area contributed by atoms with E-state index >= 15 is 4.39 Å². The van der Waals surface area contributed by atoms with E-state index < -0.39 is 47.1 Å². The quantitative estimate of drug-likeness (QED) is 0.376. The second kappa shape index (κ2) is 13.2. The molecule has 1 aromatic heterocycles. The first-order chi connectivity index (χ1) is 23.9. The van der Waals surface area contributed by atoms with Crippen LogP contribution in [0.2, 0.25) is 0 Å². The van der Waals surface area contributed by atoms with Crippen LogP contribution in [0, 0.1) is 11.7 Å². The van der Waals surface area contributed by atoms with Crippen molar-refractivity contribution in [3.8, 4) is 0 Å². The van der Waals surface area contributed by atoms with Crippen molar-refractivity contribution in [1.29, 1.82) is 0 Å². The first-order valence-corrected chi connectivity index (χ1v) is 17.5. The Kier molecular flexibility index (Phi) is 8.97. The van der Waals surface area contributed by atoms with Crippen LogP contribution in [0.4, 0.5) is 20.7 Å². The predicted octanol–water partition coefficient (Wildman–Crippen LogP) is 1.25. The van der Waals surface area contributed by atoms with Gasteiger partial charge in [0.2, 0.25) is 11.8 Å². The fourth-order valence-electron chi connectivity index (χ4n) is 8.09. The Labute approximate surface area is 290 Å². The van der Waals surface area contributed by atoms with E-state index in [9.17, 15) is 24.0 Å². The summed E-state index contributed by atoms with van der Waals surface area (Å²) in [5, 5.41) is 5.63. The van der Waals surface area contributed by atoms with E-state index in [2.05, 4.69) is 20.4 Å². The number of primary amides is 1. The van der Waals surface area contributed by atoms with E-state index in [4.69, 9.17) is 10.7 Å². The molecule has 4 N–H and O–H groups in total. The summed E-state index contributed by atoms with van der Waals surface area (Å²) >= 11 is 0. The summed E-state index contributed by atoms with van der Waals surface area (Å²) in [7, 11) is 0. The van der Waals surface area contributed by atoms with Crippen molar-refractivity contribution >= 4 is 41.2 Å². The summed E-state index contributed by atoms with van der Waals surface area (Å²) in [4.78, 5) is 76.5. The number of rotatable bonds is 6. The lowest BCUT2D eigenvalue weighted by molar-refractivity contribution is -0.136. The fraction of sp³-hybridized carbons (Fsp3) is 0.543. The topological polar surface area (TPSA) is 165 Å². The van der Waals surface area contributed by atoms with E-state index in [1.807, 2.05) is 37.1 Å². The standard InChI is InChI=1S/C35H44FN9O5/c1-21-18-44(34(37)50)35(2,20-39-21)23-3-5-29(38-17-23)43-9-7-22(8-10-43)19-41-11-13-42(14-12-41)28-16-25-24(15-26(28)36)32(48)45(33(25)49)27-4-6-30(46)40-31(27)47/h3,5,15-17,21-22,27,39H,4,6-14,18-20H2,1-2H3,(H2,37,50)(H,40,46,47). The molecular formula is C35H44FN9O5. The van der Waals surface area contributed by atoms with Gasteiger partial charge in [-0.1, -0.05) is 6.07 Å². The van der Waals surface area contributed by atoms with E-state index in [1.165, 1.54) is 6.07 Å². The molecule has 3 atom stereocenters. The number of amides is 6. The number of anilines is 2. The Morgan fingerprint density at radius 2 is 1.68 bits per heavy atom. The summed E-state index contributed by atoms with van der Waals surface area (Å²) in [6.07, 6.45) is 3.98. The lowest BCUT2D eigenvalue weighted by Gasteiger charge is -2.46. The van der Waals surface area contributed by atoms with Crippen molar-refractivity contribution in [1.82, 2.24) is 30.3 Å². The number of nitrogens with two attached hydrogens (primary N) is 1. The highest BCUT2D eigenvalue weighted by molar-refractivity contribution is 6.23. The molecule has 6 heterocycles. The molecule has 2 aromatic rings. The van der Waals surface area contributed by atoms with Gasteiger partial charge in [0, 0.05) is 77.6 Å². The third kappa shape index (κ3) is 6.17. The fourth-order valence-corrected chi connectivity index (χ4v) is 8.09. The number of pyridine rings is 1. The van der Waals surface area contributed by atoms with E-state index in [0.717, 1.165) is 67.9 Å². The molecule has 0 spiro atoms. The molecule has 50 heavy (non-hydrogen) atoms. The summed E-state index contributed by atoms with van der Waals surface area (Å²) in [6, 6.07) is 5.26. The van der Waals surface area contributed by atoms with Crippen molar-refractivity contribution in [2.24, 2.45) is 11.7 Å². The van der Waals surface area contributed by atoms with Gasteiger partial charge in [-0.15, -0.1) is 0 Å². The summed E-state index contributed by atoms with van der Waals surface area (Å²) < 4.78 is 15.4. The van der Waals surface area contributed by atoms with Crippen LogP contribution in [0.3, 0.4) is 0 Å². The molecule has 4 saturated heterocycles. The smallest absolute Gasteiger partial charge is 0.315 e. The molecular weight excluding hydrogens is 645 g/mol. The molecule has 0 bridgehead atoms. The van der Waals surface area contributed by atoms with Crippen molar-refractivity contribution in [2.45, 2.75) is 57.2 Å². The van der Waals surface area contributed by atoms with Gasteiger partial charge in [-0.25, -0.2) is 14.2 Å². The normalized spacial score (nSPS) is 26.8. The van der Waals surface area contributed by atoms with Gasteiger partial charge in [-0.05, 0) is 62.8 Å². The number of fused-ring (bicyclic) bond motifs is 1. The highest BCUT2D eigenvalue weighted by atomic mass is 19.1. The highest BCUT2D eigenvalue weighted by Gasteiger charge is 2.45. The number of carbonyl (C=O) groups excluding carboxylic acids is 5. The van der Waals surface area contributed by atoms with Crippen LogP contribution >= 0.6 is 0 Å². The Balaban J connectivity index is 0.913. The zero-order valence-corrected chi connectivity index (χ0v) is 28.5. The molecule has 4 fully saturated rings. The number of hydrogen-bond donors (Lipinski definition) is 3. The number of piperidine rings is 2. The van der Waals surface area contributed by atoms with Gasteiger partial charge in [0.15, 0.2) is 0 Å².